The third-order valence-electron chi connectivity index (χ3n) is 4.50. The molecule has 0 bridgehead atoms. The van der Waals surface area contributed by atoms with Gasteiger partial charge in [0.1, 0.15) is 24.6 Å². The van der Waals surface area contributed by atoms with E-state index in [1.165, 1.54) is 0 Å². The van der Waals surface area contributed by atoms with Crippen LogP contribution in [0.4, 0.5) is 5.82 Å². The molecule has 1 fully saturated rings. The minimum atomic E-state index is 0.814. The summed E-state index contributed by atoms with van der Waals surface area (Å²) in [5.74, 6) is 2.81. The number of nitrogens with zero attached hydrogens (tertiary/aromatic N) is 3. The SMILES string of the molecule is C(=N\N1CCN(c2cccc[nH+]2)CC1)/c1cccc(Oc2ccccc2)c1. The van der Waals surface area contributed by atoms with Gasteiger partial charge in [0, 0.05) is 6.07 Å². The zero-order valence-corrected chi connectivity index (χ0v) is 15.2. The lowest BCUT2D eigenvalue weighted by Crippen LogP contribution is -2.45. The van der Waals surface area contributed by atoms with E-state index in [0.29, 0.717) is 0 Å². The topological polar surface area (TPSA) is 42.2 Å². The number of ether oxygens (including phenoxy) is 1. The number of nitrogens with one attached hydrogen (secondary N) is 1. The van der Waals surface area contributed by atoms with Crippen LogP contribution in [0.3, 0.4) is 0 Å². The van der Waals surface area contributed by atoms with Crippen LogP contribution < -0.4 is 14.6 Å². The molecule has 0 aliphatic carbocycles. The molecule has 27 heavy (non-hydrogen) atoms. The molecule has 0 amide bonds. The van der Waals surface area contributed by atoms with Gasteiger partial charge in [-0.15, -0.1) is 0 Å². The van der Waals surface area contributed by atoms with Gasteiger partial charge in [-0.1, -0.05) is 36.4 Å². The van der Waals surface area contributed by atoms with E-state index in [2.05, 4.69) is 32.1 Å². The summed E-state index contributed by atoms with van der Waals surface area (Å²) < 4.78 is 5.89. The highest BCUT2D eigenvalue weighted by Gasteiger charge is 2.21. The van der Waals surface area contributed by atoms with Gasteiger partial charge >= 0.3 is 0 Å². The van der Waals surface area contributed by atoms with Gasteiger partial charge in [-0.25, -0.2) is 4.98 Å². The fourth-order valence-corrected chi connectivity index (χ4v) is 3.06. The maximum absolute atomic E-state index is 5.89. The maximum Gasteiger partial charge on any atom is 0.274 e. The van der Waals surface area contributed by atoms with Gasteiger partial charge < -0.3 is 4.74 Å². The Balaban J connectivity index is 1.34. The number of aromatic nitrogens is 1. The minimum absolute atomic E-state index is 0.814. The van der Waals surface area contributed by atoms with E-state index in [4.69, 9.17) is 4.74 Å². The predicted octanol–water partition coefficient (Wildman–Crippen LogP) is 3.45. The van der Waals surface area contributed by atoms with Crippen LogP contribution >= 0.6 is 0 Å². The fraction of sp³-hybridized carbons (Fsp3) is 0.182. The number of benzene rings is 2. The monoisotopic (exact) mass is 359 g/mol. The molecule has 0 spiro atoms. The Kier molecular flexibility index (Phi) is 5.29. The molecule has 1 aromatic heterocycles. The van der Waals surface area contributed by atoms with Gasteiger partial charge in [-0.3, -0.25) is 9.91 Å². The number of H-pyrrole nitrogens is 1. The molecular weight excluding hydrogens is 336 g/mol. The number of hydrogen-bond acceptors (Lipinski definition) is 4. The van der Waals surface area contributed by atoms with Crippen molar-refractivity contribution in [2.24, 2.45) is 5.10 Å². The number of anilines is 1. The molecule has 5 heteroatoms. The largest absolute Gasteiger partial charge is 0.457 e. The minimum Gasteiger partial charge on any atom is -0.457 e. The molecule has 1 saturated heterocycles. The number of hydrogen-bond donors (Lipinski definition) is 0. The lowest BCUT2D eigenvalue weighted by Gasteiger charge is -2.28. The smallest absolute Gasteiger partial charge is 0.274 e. The van der Waals surface area contributed by atoms with E-state index in [1.54, 1.807) is 0 Å². The standard InChI is InChI=1S/C22H22N4O/c1-2-8-20(9-3-1)27-21-10-6-7-19(17-21)18-24-26-15-13-25(14-16-26)22-11-4-5-12-23-22/h1-12,17-18H,13-16H2/p+1/b24-18+. The van der Waals surface area contributed by atoms with Crippen LogP contribution in [0.1, 0.15) is 5.56 Å². The Morgan fingerprint density at radius 2 is 1.59 bits per heavy atom. The van der Waals surface area contributed by atoms with Crippen LogP contribution in [0.15, 0.2) is 84.1 Å². The second kappa shape index (κ2) is 8.36. The molecule has 0 unspecified atom stereocenters. The third kappa shape index (κ3) is 4.64. The zero-order valence-electron chi connectivity index (χ0n) is 15.2. The highest BCUT2D eigenvalue weighted by molar-refractivity contribution is 5.80. The van der Waals surface area contributed by atoms with E-state index in [9.17, 15) is 0 Å². The quantitative estimate of drug-likeness (QED) is 0.655. The molecule has 5 nitrogen and oxygen atoms in total. The van der Waals surface area contributed by atoms with Gasteiger partial charge in [0.05, 0.1) is 25.5 Å². The van der Waals surface area contributed by atoms with Crippen LogP contribution in [0, 0.1) is 0 Å². The fourth-order valence-electron chi connectivity index (χ4n) is 3.06. The van der Waals surface area contributed by atoms with E-state index in [-0.39, 0.29) is 0 Å². The van der Waals surface area contributed by atoms with Crippen molar-refractivity contribution < 1.29 is 9.72 Å². The molecule has 1 aliphatic rings. The van der Waals surface area contributed by atoms with Crippen molar-refractivity contribution in [3.05, 3.63) is 84.6 Å². The van der Waals surface area contributed by atoms with E-state index in [1.807, 2.05) is 73.1 Å². The summed E-state index contributed by atoms with van der Waals surface area (Å²) in [4.78, 5) is 5.64. The second-order valence-corrected chi connectivity index (χ2v) is 6.42. The first kappa shape index (κ1) is 17.1. The number of para-hydroxylation sites is 1. The number of pyridine rings is 1. The van der Waals surface area contributed by atoms with Gasteiger partial charge in [0.15, 0.2) is 0 Å². The van der Waals surface area contributed by atoms with Crippen LogP contribution in [-0.2, 0) is 0 Å². The van der Waals surface area contributed by atoms with Crippen LogP contribution in [0.2, 0.25) is 0 Å². The Morgan fingerprint density at radius 3 is 2.37 bits per heavy atom. The van der Waals surface area contributed by atoms with Crippen molar-refractivity contribution in [3.8, 4) is 11.5 Å². The summed E-state index contributed by atoms with van der Waals surface area (Å²) in [5, 5.41) is 6.76. The molecule has 136 valence electrons. The molecule has 3 aromatic rings. The Morgan fingerprint density at radius 1 is 0.815 bits per heavy atom. The Labute approximate surface area is 159 Å². The van der Waals surface area contributed by atoms with Crippen molar-refractivity contribution in [1.29, 1.82) is 0 Å². The van der Waals surface area contributed by atoms with Gasteiger partial charge in [0.25, 0.3) is 5.82 Å². The summed E-state index contributed by atoms with van der Waals surface area (Å²) in [6.45, 7) is 3.71. The molecule has 0 radical (unpaired) electrons. The van der Waals surface area contributed by atoms with Crippen molar-refractivity contribution in [1.82, 2.24) is 5.01 Å². The molecular formula is C22H23N4O+. The summed E-state index contributed by atoms with van der Waals surface area (Å²) in [5.41, 5.74) is 1.03. The highest BCUT2D eigenvalue weighted by Crippen LogP contribution is 2.21. The van der Waals surface area contributed by atoms with Gasteiger partial charge in [-0.05, 0) is 35.9 Å². The summed E-state index contributed by atoms with van der Waals surface area (Å²) in [6.07, 6.45) is 3.87. The number of hydrazone groups is 1. The lowest BCUT2D eigenvalue weighted by molar-refractivity contribution is -0.364. The first-order valence-corrected chi connectivity index (χ1v) is 9.20. The zero-order chi connectivity index (χ0) is 18.3. The maximum atomic E-state index is 5.89. The first-order valence-electron chi connectivity index (χ1n) is 9.20. The summed E-state index contributed by atoms with van der Waals surface area (Å²) in [7, 11) is 0. The van der Waals surface area contributed by atoms with Crippen LogP contribution in [-0.4, -0.2) is 37.4 Å². The van der Waals surface area contributed by atoms with E-state index < -0.39 is 0 Å². The number of rotatable bonds is 5. The van der Waals surface area contributed by atoms with E-state index in [0.717, 1.165) is 49.1 Å². The highest BCUT2D eigenvalue weighted by atomic mass is 16.5. The number of aromatic amines is 1. The van der Waals surface area contributed by atoms with Crippen LogP contribution in [0.5, 0.6) is 11.5 Å². The second-order valence-electron chi connectivity index (χ2n) is 6.42. The third-order valence-corrected chi connectivity index (χ3v) is 4.50. The molecule has 1 N–H and O–H groups in total. The first-order chi connectivity index (χ1) is 13.4. The molecule has 2 aromatic carbocycles. The van der Waals surface area contributed by atoms with Crippen molar-refractivity contribution in [2.45, 2.75) is 0 Å². The van der Waals surface area contributed by atoms with Crippen LogP contribution in [0.25, 0.3) is 0 Å². The Hall–Kier alpha value is -3.34. The summed E-state index contributed by atoms with van der Waals surface area (Å²) in [6, 6.07) is 24.0. The number of piperazine rings is 1. The predicted molar refractivity (Wildman–Crippen MR) is 107 cm³/mol. The van der Waals surface area contributed by atoms with Crippen molar-refractivity contribution in [3.63, 3.8) is 0 Å². The molecule has 1 aliphatic heterocycles. The molecule has 2 heterocycles. The molecule has 0 saturated carbocycles. The Bertz CT molecular complexity index is 875. The van der Waals surface area contributed by atoms with E-state index >= 15 is 0 Å². The summed E-state index contributed by atoms with van der Waals surface area (Å²) >= 11 is 0. The average molecular weight is 359 g/mol. The lowest BCUT2D eigenvalue weighted by atomic mass is 10.2. The van der Waals surface area contributed by atoms with Crippen molar-refractivity contribution in [2.75, 3.05) is 31.1 Å². The molecule has 0 atom stereocenters. The van der Waals surface area contributed by atoms with Crippen molar-refractivity contribution >= 4 is 12.0 Å². The average Bonchev–Trinajstić information content (AvgIpc) is 2.74. The van der Waals surface area contributed by atoms with Gasteiger partial charge in [-0.2, -0.15) is 5.10 Å². The van der Waals surface area contributed by atoms with Gasteiger partial charge in [0.2, 0.25) is 0 Å². The molecule has 4 rings (SSSR count). The normalized spacial score (nSPS) is 14.5.